The van der Waals surface area contributed by atoms with E-state index in [0.29, 0.717) is 45.7 Å². The molecule has 8 nitrogen and oxygen atoms in total. The number of carbonyl (C=O) groups is 2. The number of nitrogens with one attached hydrogen (secondary N) is 1. The summed E-state index contributed by atoms with van der Waals surface area (Å²) >= 11 is 0. The monoisotopic (exact) mass is 362 g/mol. The zero-order valence-electron chi connectivity index (χ0n) is 15.1. The Kier molecular flexibility index (Phi) is 6.51. The van der Waals surface area contributed by atoms with Gasteiger partial charge in [-0.15, -0.1) is 0 Å². The van der Waals surface area contributed by atoms with E-state index in [9.17, 15) is 9.59 Å². The second-order valence-corrected chi connectivity index (χ2v) is 6.80. The first-order valence-corrected chi connectivity index (χ1v) is 9.09. The molecule has 0 aromatic carbocycles. The summed E-state index contributed by atoms with van der Waals surface area (Å²) in [7, 11) is 1.60. The fourth-order valence-corrected chi connectivity index (χ4v) is 3.73. The van der Waals surface area contributed by atoms with Crippen LogP contribution in [0.5, 0.6) is 0 Å². The van der Waals surface area contributed by atoms with Gasteiger partial charge < -0.3 is 19.7 Å². The number of ether oxygens (including phenoxy) is 2. The number of aryl methyl sites for hydroxylation is 1. The molecule has 2 fully saturated rings. The van der Waals surface area contributed by atoms with Gasteiger partial charge >= 0.3 is 0 Å². The standard InChI is InChI=1S/C18H26N4O4/c1-25-7-5-21-18(24)15-10-22(11-16-14(15)4-6-26-16)17(23)3-2-13-8-19-12-20-9-13/h8-9,12,14-16H,2-7,10-11H2,1H3,(H,21,24)/t14-,15+,16+/m0/s1. The number of hydrogen-bond acceptors (Lipinski definition) is 6. The van der Waals surface area contributed by atoms with Crippen LogP contribution in [-0.4, -0.2) is 72.7 Å². The van der Waals surface area contributed by atoms with Crippen molar-refractivity contribution in [3.63, 3.8) is 0 Å². The lowest BCUT2D eigenvalue weighted by atomic mass is 9.82. The highest BCUT2D eigenvalue weighted by atomic mass is 16.5. The van der Waals surface area contributed by atoms with E-state index in [1.807, 2.05) is 0 Å². The van der Waals surface area contributed by atoms with Gasteiger partial charge in [0.1, 0.15) is 6.33 Å². The van der Waals surface area contributed by atoms with Crippen molar-refractivity contribution in [1.29, 1.82) is 0 Å². The Bertz CT molecular complexity index is 612. The Labute approximate surface area is 153 Å². The van der Waals surface area contributed by atoms with Gasteiger partial charge in [0.25, 0.3) is 0 Å². The van der Waals surface area contributed by atoms with E-state index < -0.39 is 0 Å². The Morgan fingerprint density at radius 3 is 2.92 bits per heavy atom. The summed E-state index contributed by atoms with van der Waals surface area (Å²) in [4.78, 5) is 35.0. The molecule has 26 heavy (non-hydrogen) atoms. The number of likely N-dealkylation sites (tertiary alicyclic amines) is 1. The summed E-state index contributed by atoms with van der Waals surface area (Å²) in [6, 6.07) is 0. The number of rotatable bonds is 7. The SMILES string of the molecule is COCCNC(=O)[C@@H]1CN(C(=O)CCc2cncnc2)C[C@H]2OCC[C@H]21. The minimum absolute atomic E-state index is 0.0171. The molecular formula is C18H26N4O4. The summed E-state index contributed by atoms with van der Waals surface area (Å²) in [5, 5.41) is 2.91. The van der Waals surface area contributed by atoms with Gasteiger partial charge in [-0.05, 0) is 18.4 Å². The average molecular weight is 362 g/mol. The molecule has 1 N–H and O–H groups in total. The van der Waals surface area contributed by atoms with Gasteiger partial charge in [-0.3, -0.25) is 9.59 Å². The van der Waals surface area contributed by atoms with Crippen molar-refractivity contribution >= 4 is 11.8 Å². The first-order chi connectivity index (χ1) is 12.7. The molecule has 1 aromatic rings. The Morgan fingerprint density at radius 1 is 1.35 bits per heavy atom. The van der Waals surface area contributed by atoms with Gasteiger partial charge in [-0.25, -0.2) is 9.97 Å². The minimum atomic E-state index is -0.225. The first kappa shape index (κ1) is 18.7. The van der Waals surface area contributed by atoms with E-state index in [1.54, 1.807) is 24.4 Å². The van der Waals surface area contributed by atoms with Crippen LogP contribution < -0.4 is 5.32 Å². The number of amides is 2. The lowest BCUT2D eigenvalue weighted by Gasteiger charge is -2.39. The van der Waals surface area contributed by atoms with Gasteiger partial charge in [-0.1, -0.05) is 0 Å². The van der Waals surface area contributed by atoms with Crippen molar-refractivity contribution in [2.24, 2.45) is 11.8 Å². The second kappa shape index (κ2) is 9.05. The second-order valence-electron chi connectivity index (χ2n) is 6.80. The normalized spacial score (nSPS) is 25.0. The van der Waals surface area contributed by atoms with Gasteiger partial charge in [0, 0.05) is 58.1 Å². The van der Waals surface area contributed by atoms with Gasteiger partial charge in [-0.2, -0.15) is 0 Å². The molecular weight excluding hydrogens is 336 g/mol. The van der Waals surface area contributed by atoms with Crippen LogP contribution >= 0.6 is 0 Å². The van der Waals surface area contributed by atoms with Gasteiger partial charge in [0.15, 0.2) is 0 Å². The highest BCUT2D eigenvalue weighted by molar-refractivity contribution is 5.82. The molecule has 2 saturated heterocycles. The molecule has 0 spiro atoms. The number of carbonyl (C=O) groups excluding carboxylic acids is 2. The lowest BCUT2D eigenvalue weighted by molar-refractivity contribution is -0.141. The third kappa shape index (κ3) is 4.56. The number of hydrogen-bond donors (Lipinski definition) is 1. The van der Waals surface area contributed by atoms with Crippen molar-refractivity contribution in [2.45, 2.75) is 25.4 Å². The maximum Gasteiger partial charge on any atom is 0.225 e. The Morgan fingerprint density at radius 2 is 2.15 bits per heavy atom. The molecule has 0 radical (unpaired) electrons. The molecule has 3 atom stereocenters. The zero-order valence-corrected chi connectivity index (χ0v) is 15.1. The first-order valence-electron chi connectivity index (χ1n) is 9.09. The quantitative estimate of drug-likeness (QED) is 0.688. The summed E-state index contributed by atoms with van der Waals surface area (Å²) < 4.78 is 10.8. The van der Waals surface area contributed by atoms with Crippen LogP contribution in [0.25, 0.3) is 0 Å². The molecule has 2 aliphatic heterocycles. The van der Waals surface area contributed by atoms with Gasteiger partial charge in [0.2, 0.25) is 11.8 Å². The van der Waals surface area contributed by atoms with Crippen LogP contribution in [0.3, 0.4) is 0 Å². The number of nitrogens with zero attached hydrogens (tertiary/aromatic N) is 3. The largest absolute Gasteiger partial charge is 0.383 e. The van der Waals surface area contributed by atoms with E-state index >= 15 is 0 Å². The minimum Gasteiger partial charge on any atom is -0.383 e. The topological polar surface area (TPSA) is 93.7 Å². The molecule has 1 aromatic heterocycles. The number of aromatic nitrogens is 2. The van der Waals surface area contributed by atoms with Crippen LogP contribution in [0.2, 0.25) is 0 Å². The lowest BCUT2D eigenvalue weighted by Crippen LogP contribution is -2.54. The fourth-order valence-electron chi connectivity index (χ4n) is 3.73. The highest BCUT2D eigenvalue weighted by Gasteiger charge is 2.44. The van der Waals surface area contributed by atoms with Crippen LogP contribution in [0.15, 0.2) is 18.7 Å². The molecule has 8 heteroatoms. The molecule has 0 unspecified atom stereocenters. The molecule has 0 bridgehead atoms. The highest BCUT2D eigenvalue weighted by Crippen LogP contribution is 2.34. The van der Waals surface area contributed by atoms with Crippen molar-refractivity contribution in [3.8, 4) is 0 Å². The van der Waals surface area contributed by atoms with Crippen molar-refractivity contribution in [3.05, 3.63) is 24.3 Å². The third-order valence-electron chi connectivity index (χ3n) is 5.13. The van der Waals surface area contributed by atoms with E-state index in [-0.39, 0.29) is 29.8 Å². The maximum absolute atomic E-state index is 12.7. The van der Waals surface area contributed by atoms with Crippen LogP contribution in [0.4, 0.5) is 0 Å². The molecule has 3 heterocycles. The van der Waals surface area contributed by atoms with Crippen LogP contribution in [-0.2, 0) is 25.5 Å². The molecule has 3 rings (SSSR count). The van der Waals surface area contributed by atoms with Gasteiger partial charge in [0.05, 0.1) is 18.6 Å². The predicted molar refractivity (Wildman–Crippen MR) is 93.2 cm³/mol. The Balaban J connectivity index is 1.59. The summed E-state index contributed by atoms with van der Waals surface area (Å²) in [6.45, 7) is 2.63. The number of piperidine rings is 1. The fraction of sp³-hybridized carbons (Fsp3) is 0.667. The zero-order chi connectivity index (χ0) is 18.4. The smallest absolute Gasteiger partial charge is 0.225 e. The summed E-state index contributed by atoms with van der Waals surface area (Å²) in [5.41, 5.74) is 0.932. The van der Waals surface area contributed by atoms with Crippen molar-refractivity contribution in [2.75, 3.05) is 40.0 Å². The van der Waals surface area contributed by atoms with E-state index in [1.165, 1.54) is 6.33 Å². The van der Waals surface area contributed by atoms with Crippen molar-refractivity contribution in [1.82, 2.24) is 20.2 Å². The van der Waals surface area contributed by atoms with E-state index in [4.69, 9.17) is 9.47 Å². The predicted octanol–water partition coefficient (Wildman–Crippen LogP) is 0.0353. The number of fused-ring (bicyclic) bond motifs is 1. The molecule has 2 amide bonds. The molecule has 0 aliphatic carbocycles. The number of methoxy groups -OCH3 is 1. The van der Waals surface area contributed by atoms with Crippen LogP contribution in [0, 0.1) is 11.8 Å². The van der Waals surface area contributed by atoms with Crippen LogP contribution in [0.1, 0.15) is 18.4 Å². The van der Waals surface area contributed by atoms with Crippen molar-refractivity contribution < 1.29 is 19.1 Å². The van der Waals surface area contributed by atoms with E-state index in [2.05, 4.69) is 15.3 Å². The summed E-state index contributed by atoms with van der Waals surface area (Å²) in [5.74, 6) is -0.0183. The molecule has 142 valence electrons. The summed E-state index contributed by atoms with van der Waals surface area (Å²) in [6.07, 6.45) is 6.71. The average Bonchev–Trinajstić information content (AvgIpc) is 3.15. The van der Waals surface area contributed by atoms with E-state index in [0.717, 1.165) is 12.0 Å². The third-order valence-corrected chi connectivity index (χ3v) is 5.13. The molecule has 0 saturated carbocycles. The molecule has 2 aliphatic rings. The maximum atomic E-state index is 12.7. The Hall–Kier alpha value is -2.06.